The second-order valence-electron chi connectivity index (χ2n) is 4.90. The fraction of sp³-hybridized carbons (Fsp3) is 0.500. The van der Waals surface area contributed by atoms with Crippen molar-refractivity contribution in [2.45, 2.75) is 19.9 Å². The summed E-state index contributed by atoms with van der Waals surface area (Å²) in [7, 11) is 0. The van der Waals surface area contributed by atoms with Crippen LogP contribution in [0.3, 0.4) is 0 Å². The van der Waals surface area contributed by atoms with Crippen LogP contribution in [0.4, 0.5) is 0 Å². The molecular weight excluding hydrogens is 338 g/mol. The van der Waals surface area contributed by atoms with Crippen molar-refractivity contribution >= 4 is 35.5 Å². The first kappa shape index (κ1) is 19.6. The highest BCUT2D eigenvalue weighted by Gasteiger charge is 2.14. The van der Waals surface area contributed by atoms with Gasteiger partial charge in [0, 0.05) is 22.1 Å². The van der Waals surface area contributed by atoms with Crippen LogP contribution in [0.25, 0.3) is 6.08 Å². The molecule has 1 atom stereocenters. The summed E-state index contributed by atoms with van der Waals surface area (Å²) in [5, 5.41) is 12.9. The molecule has 0 aliphatic heterocycles. The summed E-state index contributed by atoms with van der Waals surface area (Å²) in [6.45, 7) is 3.00. The number of H-pyrrole nitrogens is 2. The number of aromatic nitrogens is 2. The normalized spacial score (nSPS) is 13.0. The van der Waals surface area contributed by atoms with Crippen molar-refractivity contribution in [3.05, 3.63) is 37.7 Å². The van der Waals surface area contributed by atoms with Crippen LogP contribution in [-0.4, -0.2) is 50.7 Å². The van der Waals surface area contributed by atoms with Gasteiger partial charge < -0.3 is 15.4 Å². The van der Waals surface area contributed by atoms with E-state index in [-0.39, 0.29) is 24.1 Å². The number of aryl methyl sites for hydroxylation is 1. The molecule has 0 spiro atoms. The number of carbonyl (C=O) groups excluding carboxylic acids is 1. The molecule has 0 fully saturated rings. The van der Waals surface area contributed by atoms with Crippen molar-refractivity contribution in [1.82, 2.24) is 15.3 Å². The van der Waals surface area contributed by atoms with Gasteiger partial charge in [0.15, 0.2) is 0 Å². The number of aromatic amines is 2. The first-order chi connectivity index (χ1) is 10.9. The third-order valence-corrected chi connectivity index (χ3v) is 5.22. The highest BCUT2D eigenvalue weighted by atomic mass is 32.2. The van der Waals surface area contributed by atoms with Gasteiger partial charge in [0.1, 0.15) is 0 Å². The summed E-state index contributed by atoms with van der Waals surface area (Å²) in [5.74, 6) is 0.244. The summed E-state index contributed by atoms with van der Waals surface area (Å²) in [5.41, 5.74) is -0.195. The van der Waals surface area contributed by atoms with Crippen molar-refractivity contribution < 1.29 is 9.90 Å². The maximum Gasteiger partial charge on any atom is 0.325 e. The van der Waals surface area contributed by atoms with Crippen molar-refractivity contribution in [1.29, 1.82) is 0 Å². The third-order valence-electron chi connectivity index (χ3n) is 2.97. The Hall–Kier alpha value is -1.45. The van der Waals surface area contributed by atoms with Crippen molar-refractivity contribution in [2.75, 3.05) is 23.7 Å². The molecular formula is C14H21N3O4S2. The van der Waals surface area contributed by atoms with E-state index in [1.807, 2.05) is 6.26 Å². The van der Waals surface area contributed by atoms with Crippen LogP contribution in [-0.2, 0) is 4.79 Å². The van der Waals surface area contributed by atoms with Crippen molar-refractivity contribution in [2.24, 2.45) is 0 Å². The van der Waals surface area contributed by atoms with Gasteiger partial charge in [0.05, 0.1) is 18.2 Å². The third kappa shape index (κ3) is 6.28. The largest absolute Gasteiger partial charge is 0.394 e. The molecule has 0 aliphatic rings. The lowest BCUT2D eigenvalue weighted by atomic mass is 10.1. The number of nitrogens with one attached hydrogen (secondary N) is 3. The van der Waals surface area contributed by atoms with Crippen LogP contribution in [0.2, 0.25) is 0 Å². The molecule has 1 amide bonds. The summed E-state index contributed by atoms with van der Waals surface area (Å²) in [6, 6.07) is -0.349. The first-order valence-corrected chi connectivity index (χ1v) is 9.43. The molecule has 1 unspecified atom stereocenters. The molecule has 0 aromatic carbocycles. The molecule has 4 N–H and O–H groups in total. The number of carbonyl (C=O) groups is 1. The molecule has 0 saturated carbocycles. The molecule has 1 heterocycles. The van der Waals surface area contributed by atoms with E-state index in [0.29, 0.717) is 17.0 Å². The van der Waals surface area contributed by atoms with Gasteiger partial charge in [0.25, 0.3) is 5.56 Å². The van der Waals surface area contributed by atoms with E-state index in [2.05, 4.69) is 15.3 Å². The molecule has 1 aromatic heterocycles. The van der Waals surface area contributed by atoms with Gasteiger partial charge in [-0.05, 0) is 26.2 Å². The van der Waals surface area contributed by atoms with Crippen LogP contribution < -0.4 is 16.6 Å². The standard InChI is InChI=1S/C14H21N3O4S2/c1-8(4-11-9(2)15-14(21)17-13(11)20)12(19)16-10(5-18)6-23-7-22-3/h4,10,18H,5-7H2,1-3H3,(H,16,19)(H2,15,17,20,21). The number of thioether (sulfide) groups is 2. The van der Waals surface area contributed by atoms with E-state index in [9.17, 15) is 19.5 Å². The van der Waals surface area contributed by atoms with Crippen LogP contribution in [0.15, 0.2) is 15.2 Å². The summed E-state index contributed by atoms with van der Waals surface area (Å²) >= 11 is 3.30. The zero-order valence-corrected chi connectivity index (χ0v) is 14.9. The Bertz CT molecular complexity index is 681. The van der Waals surface area contributed by atoms with Gasteiger partial charge in [-0.2, -0.15) is 11.8 Å². The molecule has 0 aliphatic carbocycles. The molecule has 1 rings (SSSR count). The average Bonchev–Trinajstić information content (AvgIpc) is 2.49. The van der Waals surface area contributed by atoms with E-state index in [1.54, 1.807) is 37.4 Å². The monoisotopic (exact) mass is 359 g/mol. The molecule has 7 nitrogen and oxygen atoms in total. The number of aliphatic hydroxyl groups excluding tert-OH is 1. The van der Waals surface area contributed by atoms with Gasteiger partial charge in [-0.15, -0.1) is 11.8 Å². The summed E-state index contributed by atoms with van der Waals surface area (Å²) < 4.78 is 0. The maximum absolute atomic E-state index is 12.1. The molecule has 9 heteroatoms. The fourth-order valence-electron chi connectivity index (χ4n) is 1.78. The minimum absolute atomic E-state index is 0.154. The lowest BCUT2D eigenvalue weighted by Gasteiger charge is -2.16. The second kappa shape index (κ2) is 9.64. The first-order valence-electron chi connectivity index (χ1n) is 6.89. The number of aliphatic hydroxyl groups is 1. The summed E-state index contributed by atoms with van der Waals surface area (Å²) in [4.78, 5) is 39.7. The topological polar surface area (TPSA) is 115 Å². The molecule has 0 saturated heterocycles. The predicted molar refractivity (Wildman–Crippen MR) is 95.9 cm³/mol. The van der Waals surface area contributed by atoms with E-state index in [1.165, 1.54) is 6.08 Å². The van der Waals surface area contributed by atoms with E-state index in [0.717, 1.165) is 5.08 Å². The van der Waals surface area contributed by atoms with Gasteiger partial charge >= 0.3 is 5.69 Å². The quantitative estimate of drug-likeness (QED) is 0.302. The van der Waals surface area contributed by atoms with Crippen LogP contribution in [0.1, 0.15) is 18.2 Å². The highest BCUT2D eigenvalue weighted by Crippen LogP contribution is 2.10. The van der Waals surface area contributed by atoms with E-state index < -0.39 is 11.2 Å². The minimum Gasteiger partial charge on any atom is -0.394 e. The fourth-order valence-corrected chi connectivity index (χ4v) is 3.30. The highest BCUT2D eigenvalue weighted by molar-refractivity contribution is 8.15. The SMILES string of the molecule is CSCSCC(CO)NC(=O)C(C)=Cc1c(C)[nH]c(=O)[nH]c1=O. The predicted octanol–water partition coefficient (Wildman–Crippen LogP) is 0.306. The van der Waals surface area contributed by atoms with Crippen LogP contribution in [0.5, 0.6) is 0 Å². The van der Waals surface area contributed by atoms with Crippen molar-refractivity contribution in [3.8, 4) is 0 Å². The van der Waals surface area contributed by atoms with Crippen LogP contribution in [0, 0.1) is 6.92 Å². The molecule has 23 heavy (non-hydrogen) atoms. The number of hydrogen-bond donors (Lipinski definition) is 4. The Kier molecular flexibility index (Phi) is 8.21. The summed E-state index contributed by atoms with van der Waals surface area (Å²) in [6.07, 6.45) is 3.40. The van der Waals surface area contributed by atoms with Gasteiger partial charge in [0.2, 0.25) is 5.91 Å². The van der Waals surface area contributed by atoms with Gasteiger partial charge in [-0.25, -0.2) is 4.79 Å². The van der Waals surface area contributed by atoms with E-state index in [4.69, 9.17) is 0 Å². The number of rotatable bonds is 8. The average molecular weight is 359 g/mol. The maximum atomic E-state index is 12.1. The van der Waals surface area contributed by atoms with E-state index >= 15 is 0 Å². The number of hydrogen-bond acceptors (Lipinski definition) is 6. The molecule has 1 aromatic rings. The Labute approximate surface area is 142 Å². The van der Waals surface area contributed by atoms with Crippen molar-refractivity contribution in [3.63, 3.8) is 0 Å². The Morgan fingerprint density at radius 3 is 2.65 bits per heavy atom. The van der Waals surface area contributed by atoms with Gasteiger partial charge in [-0.3, -0.25) is 14.6 Å². The molecule has 0 radical (unpaired) electrons. The number of amides is 1. The molecule has 128 valence electrons. The lowest BCUT2D eigenvalue weighted by Crippen LogP contribution is -2.39. The zero-order chi connectivity index (χ0) is 17.4. The second-order valence-corrected chi connectivity index (χ2v) is 7.17. The van der Waals surface area contributed by atoms with Crippen LogP contribution >= 0.6 is 23.5 Å². The Balaban J connectivity index is 2.83. The Morgan fingerprint density at radius 1 is 1.39 bits per heavy atom. The Morgan fingerprint density at radius 2 is 2.09 bits per heavy atom. The minimum atomic E-state index is -0.585. The zero-order valence-electron chi connectivity index (χ0n) is 13.3. The smallest absolute Gasteiger partial charge is 0.325 e. The van der Waals surface area contributed by atoms with Gasteiger partial charge in [-0.1, -0.05) is 0 Å². The lowest BCUT2D eigenvalue weighted by molar-refractivity contribution is -0.118. The molecule has 0 bridgehead atoms.